The molecule has 0 spiro atoms. The van der Waals surface area contributed by atoms with Gasteiger partial charge < -0.3 is 5.32 Å². The molecule has 1 aliphatic heterocycles. The van der Waals surface area contributed by atoms with Crippen LogP contribution in [0.2, 0.25) is 0 Å². The number of nitrogens with one attached hydrogen (secondary N) is 1. The number of nitrogens with zero attached hydrogens (tertiary/aromatic N) is 1. The Morgan fingerprint density at radius 3 is 2.75 bits per heavy atom. The SMILES string of the molecule is CCCNCC(C)C(C)N1CC=C(C)CC1. The fourth-order valence-corrected chi connectivity index (χ4v) is 2.19. The Morgan fingerprint density at radius 2 is 2.19 bits per heavy atom. The third-order valence-corrected chi connectivity index (χ3v) is 3.76. The topological polar surface area (TPSA) is 15.3 Å². The largest absolute Gasteiger partial charge is 0.316 e. The second kappa shape index (κ2) is 7.08. The summed E-state index contributed by atoms with van der Waals surface area (Å²) in [5, 5.41) is 3.52. The molecule has 0 saturated carbocycles. The van der Waals surface area contributed by atoms with Gasteiger partial charge in [-0.2, -0.15) is 0 Å². The van der Waals surface area contributed by atoms with Gasteiger partial charge in [-0.3, -0.25) is 4.90 Å². The van der Waals surface area contributed by atoms with Crippen molar-refractivity contribution in [3.8, 4) is 0 Å². The molecule has 2 unspecified atom stereocenters. The lowest BCUT2D eigenvalue weighted by Crippen LogP contribution is -2.43. The molecule has 2 heteroatoms. The molecule has 2 atom stereocenters. The first-order valence-corrected chi connectivity index (χ1v) is 6.75. The molecule has 16 heavy (non-hydrogen) atoms. The van der Waals surface area contributed by atoms with Gasteiger partial charge in [-0.25, -0.2) is 0 Å². The van der Waals surface area contributed by atoms with Gasteiger partial charge in [0.05, 0.1) is 0 Å². The van der Waals surface area contributed by atoms with Crippen LogP contribution >= 0.6 is 0 Å². The minimum absolute atomic E-state index is 0.689. The molecule has 0 saturated heterocycles. The van der Waals surface area contributed by atoms with Crippen molar-refractivity contribution in [2.75, 3.05) is 26.2 Å². The highest BCUT2D eigenvalue weighted by Gasteiger charge is 2.20. The van der Waals surface area contributed by atoms with Crippen LogP contribution in [0.25, 0.3) is 0 Å². The van der Waals surface area contributed by atoms with E-state index in [2.05, 4.69) is 44.0 Å². The lowest BCUT2D eigenvalue weighted by molar-refractivity contribution is 0.171. The van der Waals surface area contributed by atoms with E-state index in [9.17, 15) is 0 Å². The van der Waals surface area contributed by atoms with Crippen LogP contribution in [0.3, 0.4) is 0 Å². The van der Waals surface area contributed by atoms with Gasteiger partial charge in [0, 0.05) is 19.1 Å². The van der Waals surface area contributed by atoms with Crippen molar-refractivity contribution in [2.24, 2.45) is 5.92 Å². The van der Waals surface area contributed by atoms with Crippen LogP contribution in [0.4, 0.5) is 0 Å². The summed E-state index contributed by atoms with van der Waals surface area (Å²) >= 11 is 0. The maximum atomic E-state index is 3.52. The molecule has 0 aromatic heterocycles. The summed E-state index contributed by atoms with van der Waals surface area (Å²) in [5.74, 6) is 0.735. The van der Waals surface area contributed by atoms with E-state index in [4.69, 9.17) is 0 Å². The highest BCUT2D eigenvalue weighted by Crippen LogP contribution is 2.16. The molecule has 94 valence electrons. The van der Waals surface area contributed by atoms with Crippen molar-refractivity contribution < 1.29 is 0 Å². The molecular formula is C14H28N2. The predicted molar refractivity (Wildman–Crippen MR) is 71.7 cm³/mol. The van der Waals surface area contributed by atoms with Crippen LogP contribution in [0.5, 0.6) is 0 Å². The second-order valence-electron chi connectivity index (χ2n) is 5.22. The Labute approximate surface area is 101 Å². The molecule has 2 nitrogen and oxygen atoms in total. The molecule has 0 bridgehead atoms. The van der Waals surface area contributed by atoms with E-state index < -0.39 is 0 Å². The first-order chi connectivity index (χ1) is 7.65. The number of hydrogen-bond acceptors (Lipinski definition) is 2. The van der Waals surface area contributed by atoms with Gasteiger partial charge in [0.1, 0.15) is 0 Å². The van der Waals surface area contributed by atoms with Crippen molar-refractivity contribution in [3.05, 3.63) is 11.6 Å². The number of rotatable bonds is 6. The van der Waals surface area contributed by atoms with Crippen LogP contribution < -0.4 is 5.32 Å². The predicted octanol–water partition coefficient (Wildman–Crippen LogP) is 2.66. The molecule has 1 heterocycles. The zero-order chi connectivity index (χ0) is 12.0. The molecular weight excluding hydrogens is 196 g/mol. The Bertz CT molecular complexity index is 223. The van der Waals surface area contributed by atoms with Crippen LogP contribution in [0, 0.1) is 5.92 Å². The Hall–Kier alpha value is -0.340. The van der Waals surface area contributed by atoms with E-state index in [0.29, 0.717) is 6.04 Å². The first kappa shape index (κ1) is 13.7. The quantitative estimate of drug-likeness (QED) is 0.551. The van der Waals surface area contributed by atoms with Gasteiger partial charge in [-0.15, -0.1) is 0 Å². The summed E-state index contributed by atoms with van der Waals surface area (Å²) in [6.45, 7) is 13.9. The highest BCUT2D eigenvalue weighted by atomic mass is 15.2. The lowest BCUT2D eigenvalue weighted by Gasteiger charge is -2.35. The van der Waals surface area contributed by atoms with E-state index >= 15 is 0 Å². The minimum atomic E-state index is 0.689. The van der Waals surface area contributed by atoms with Crippen molar-refractivity contribution in [1.82, 2.24) is 10.2 Å². The Balaban J connectivity index is 2.30. The third-order valence-electron chi connectivity index (χ3n) is 3.76. The monoisotopic (exact) mass is 224 g/mol. The van der Waals surface area contributed by atoms with E-state index in [1.165, 1.54) is 19.4 Å². The van der Waals surface area contributed by atoms with E-state index in [1.54, 1.807) is 5.57 Å². The Kier molecular flexibility index (Phi) is 6.07. The average Bonchev–Trinajstić information content (AvgIpc) is 2.29. The van der Waals surface area contributed by atoms with Crippen LogP contribution in [0.1, 0.15) is 40.5 Å². The third kappa shape index (κ3) is 4.26. The van der Waals surface area contributed by atoms with Crippen LogP contribution in [0.15, 0.2) is 11.6 Å². The van der Waals surface area contributed by atoms with Gasteiger partial charge in [-0.05, 0) is 45.7 Å². The molecule has 0 aromatic rings. The van der Waals surface area contributed by atoms with Gasteiger partial charge >= 0.3 is 0 Å². The fourth-order valence-electron chi connectivity index (χ4n) is 2.19. The standard InChI is InChI=1S/C14H28N2/c1-5-8-15-11-13(3)14(4)16-9-6-12(2)7-10-16/h6,13-15H,5,7-11H2,1-4H3. The van der Waals surface area contributed by atoms with Crippen LogP contribution in [-0.2, 0) is 0 Å². The molecule has 0 radical (unpaired) electrons. The molecule has 1 N–H and O–H groups in total. The van der Waals surface area contributed by atoms with Gasteiger partial charge in [0.2, 0.25) is 0 Å². The summed E-state index contributed by atoms with van der Waals surface area (Å²) in [5.41, 5.74) is 1.56. The Morgan fingerprint density at radius 1 is 1.44 bits per heavy atom. The molecule has 0 amide bonds. The van der Waals surface area contributed by atoms with Crippen molar-refractivity contribution >= 4 is 0 Å². The summed E-state index contributed by atoms with van der Waals surface area (Å²) in [6.07, 6.45) is 4.86. The maximum Gasteiger partial charge on any atom is 0.0168 e. The smallest absolute Gasteiger partial charge is 0.0168 e. The molecule has 0 aromatic carbocycles. The maximum absolute atomic E-state index is 3.52. The van der Waals surface area contributed by atoms with E-state index in [0.717, 1.165) is 25.6 Å². The van der Waals surface area contributed by atoms with Crippen molar-refractivity contribution in [1.29, 1.82) is 0 Å². The van der Waals surface area contributed by atoms with Gasteiger partial charge in [-0.1, -0.05) is 25.5 Å². The summed E-state index contributed by atoms with van der Waals surface area (Å²) in [4.78, 5) is 2.60. The summed E-state index contributed by atoms with van der Waals surface area (Å²) in [6, 6.07) is 0.689. The zero-order valence-electron chi connectivity index (χ0n) is 11.4. The number of hydrogen-bond donors (Lipinski definition) is 1. The minimum Gasteiger partial charge on any atom is -0.316 e. The van der Waals surface area contributed by atoms with E-state index in [1.807, 2.05) is 0 Å². The normalized spacial score (nSPS) is 21.6. The molecule has 0 fully saturated rings. The van der Waals surface area contributed by atoms with Crippen molar-refractivity contribution in [2.45, 2.75) is 46.6 Å². The van der Waals surface area contributed by atoms with Gasteiger partial charge in [0.25, 0.3) is 0 Å². The highest BCUT2D eigenvalue weighted by molar-refractivity contribution is 5.04. The lowest BCUT2D eigenvalue weighted by atomic mass is 9.99. The fraction of sp³-hybridized carbons (Fsp3) is 0.857. The molecule has 1 aliphatic rings. The van der Waals surface area contributed by atoms with Crippen LogP contribution in [-0.4, -0.2) is 37.1 Å². The average molecular weight is 224 g/mol. The van der Waals surface area contributed by atoms with Gasteiger partial charge in [0.15, 0.2) is 0 Å². The molecule has 0 aliphatic carbocycles. The van der Waals surface area contributed by atoms with Crippen molar-refractivity contribution in [3.63, 3.8) is 0 Å². The zero-order valence-corrected chi connectivity index (χ0v) is 11.4. The molecule has 1 rings (SSSR count). The second-order valence-corrected chi connectivity index (χ2v) is 5.22. The van der Waals surface area contributed by atoms with E-state index in [-0.39, 0.29) is 0 Å². The summed E-state index contributed by atoms with van der Waals surface area (Å²) < 4.78 is 0. The summed E-state index contributed by atoms with van der Waals surface area (Å²) in [7, 11) is 0. The first-order valence-electron chi connectivity index (χ1n) is 6.75.